The van der Waals surface area contributed by atoms with E-state index in [0.29, 0.717) is 0 Å². The third kappa shape index (κ3) is 4.50. The van der Waals surface area contributed by atoms with Crippen LogP contribution >= 0.6 is 0 Å². The van der Waals surface area contributed by atoms with Gasteiger partial charge in [-0.05, 0) is 6.42 Å². The molecule has 0 aromatic heterocycles. The van der Waals surface area contributed by atoms with Crippen molar-refractivity contribution in [2.45, 2.75) is 33.2 Å². The van der Waals surface area contributed by atoms with Crippen molar-refractivity contribution < 1.29 is 14.3 Å². The number of esters is 1. The minimum absolute atomic E-state index is 0.0126. The lowest BCUT2D eigenvalue weighted by molar-refractivity contribution is -0.145. The Morgan fingerprint density at radius 3 is 2.23 bits per heavy atom. The molecule has 13 heavy (non-hydrogen) atoms. The van der Waals surface area contributed by atoms with Crippen LogP contribution in [0.1, 0.15) is 27.2 Å². The average molecular weight is 187 g/mol. The molecule has 4 nitrogen and oxygen atoms in total. The van der Waals surface area contributed by atoms with Gasteiger partial charge in [0.2, 0.25) is 5.91 Å². The second-order valence-electron chi connectivity index (χ2n) is 2.99. The van der Waals surface area contributed by atoms with E-state index in [1.54, 1.807) is 11.9 Å². The van der Waals surface area contributed by atoms with Crippen molar-refractivity contribution >= 4 is 11.9 Å². The van der Waals surface area contributed by atoms with Crippen LogP contribution in [-0.2, 0) is 14.3 Å². The fourth-order valence-corrected chi connectivity index (χ4v) is 0.974. The van der Waals surface area contributed by atoms with E-state index in [4.69, 9.17) is 4.74 Å². The Labute approximate surface area is 78.9 Å². The highest BCUT2D eigenvalue weighted by molar-refractivity contribution is 5.73. The van der Waals surface area contributed by atoms with E-state index >= 15 is 0 Å². The van der Waals surface area contributed by atoms with E-state index < -0.39 is 0 Å². The highest BCUT2D eigenvalue weighted by Crippen LogP contribution is 2.02. The molecule has 0 aromatic carbocycles. The van der Waals surface area contributed by atoms with Crippen molar-refractivity contribution in [3.8, 4) is 0 Å². The van der Waals surface area contributed by atoms with E-state index in [9.17, 15) is 9.59 Å². The molecule has 0 radical (unpaired) electrons. The molecule has 0 aliphatic rings. The first-order valence-corrected chi connectivity index (χ1v) is 4.35. The van der Waals surface area contributed by atoms with Gasteiger partial charge in [-0.3, -0.25) is 9.59 Å². The van der Waals surface area contributed by atoms with Gasteiger partial charge in [-0.2, -0.15) is 0 Å². The molecule has 0 rings (SSSR count). The summed E-state index contributed by atoms with van der Waals surface area (Å²) in [5.74, 6) is -0.325. The van der Waals surface area contributed by atoms with Crippen LogP contribution < -0.4 is 0 Å². The number of hydrogen-bond donors (Lipinski definition) is 0. The molecule has 0 aromatic rings. The Morgan fingerprint density at radius 2 is 1.92 bits per heavy atom. The van der Waals surface area contributed by atoms with Crippen LogP contribution in [0.3, 0.4) is 0 Å². The van der Waals surface area contributed by atoms with Crippen LogP contribution in [-0.4, -0.2) is 36.5 Å². The molecule has 1 unspecified atom stereocenters. The van der Waals surface area contributed by atoms with Crippen LogP contribution in [0.2, 0.25) is 0 Å². The van der Waals surface area contributed by atoms with Gasteiger partial charge < -0.3 is 9.64 Å². The molecule has 0 spiro atoms. The van der Waals surface area contributed by atoms with Gasteiger partial charge in [0.05, 0.1) is 6.04 Å². The number of nitrogens with zero attached hydrogens (tertiary/aromatic N) is 1. The zero-order valence-corrected chi connectivity index (χ0v) is 8.66. The predicted octanol–water partition coefficient (Wildman–Crippen LogP) is 0.806. The van der Waals surface area contributed by atoms with E-state index in [2.05, 4.69) is 0 Å². The summed E-state index contributed by atoms with van der Waals surface area (Å²) in [4.78, 5) is 23.1. The van der Waals surface area contributed by atoms with Crippen molar-refractivity contribution in [2.75, 3.05) is 13.7 Å². The average Bonchev–Trinajstić information content (AvgIpc) is 2.04. The van der Waals surface area contributed by atoms with Crippen molar-refractivity contribution in [1.29, 1.82) is 0 Å². The molecule has 0 heterocycles. The second-order valence-corrected chi connectivity index (χ2v) is 2.99. The van der Waals surface area contributed by atoms with Crippen LogP contribution in [0.5, 0.6) is 0 Å². The second kappa shape index (κ2) is 5.56. The van der Waals surface area contributed by atoms with Crippen molar-refractivity contribution in [1.82, 2.24) is 4.90 Å². The zero-order chi connectivity index (χ0) is 10.4. The fourth-order valence-electron chi connectivity index (χ4n) is 0.974. The van der Waals surface area contributed by atoms with Crippen LogP contribution in [0.25, 0.3) is 0 Å². The first-order chi connectivity index (χ1) is 5.99. The minimum atomic E-state index is -0.310. The van der Waals surface area contributed by atoms with Gasteiger partial charge in [0.15, 0.2) is 0 Å². The molecular formula is C9H17NO3. The Bertz CT molecular complexity index is 191. The molecule has 1 amide bonds. The van der Waals surface area contributed by atoms with E-state index in [0.717, 1.165) is 6.42 Å². The normalized spacial score (nSPS) is 12.0. The molecule has 0 fully saturated rings. The number of rotatable bonds is 4. The Morgan fingerprint density at radius 1 is 1.38 bits per heavy atom. The highest BCUT2D eigenvalue weighted by atomic mass is 16.5. The molecule has 0 bridgehead atoms. The summed E-state index contributed by atoms with van der Waals surface area (Å²) in [7, 11) is 1.71. The van der Waals surface area contributed by atoms with Crippen molar-refractivity contribution in [3.63, 3.8) is 0 Å². The summed E-state index contributed by atoms with van der Waals surface area (Å²) in [6.45, 7) is 5.09. The monoisotopic (exact) mass is 187 g/mol. The largest absolute Gasteiger partial charge is 0.464 e. The Hall–Kier alpha value is -1.06. The summed E-state index contributed by atoms with van der Waals surface area (Å²) < 4.78 is 4.83. The minimum Gasteiger partial charge on any atom is -0.464 e. The molecule has 0 N–H and O–H groups in total. The number of carbonyl (C=O) groups is 2. The van der Waals surface area contributed by atoms with Gasteiger partial charge in [0.1, 0.15) is 6.61 Å². The molecule has 1 atom stereocenters. The summed E-state index contributed by atoms with van der Waals surface area (Å²) in [5, 5.41) is 0. The lowest BCUT2D eigenvalue weighted by atomic mass is 10.2. The number of likely N-dealkylation sites (N-methyl/N-ethyl adjacent to an activating group) is 1. The van der Waals surface area contributed by atoms with Gasteiger partial charge >= 0.3 is 5.97 Å². The van der Waals surface area contributed by atoms with Gasteiger partial charge in [0, 0.05) is 20.9 Å². The molecule has 0 saturated carbocycles. The van der Waals surface area contributed by atoms with Crippen molar-refractivity contribution in [3.05, 3.63) is 0 Å². The Balaban J connectivity index is 4.02. The Kier molecular flexibility index (Phi) is 5.11. The van der Waals surface area contributed by atoms with Crippen LogP contribution in [0, 0.1) is 0 Å². The van der Waals surface area contributed by atoms with Gasteiger partial charge in [-0.15, -0.1) is 0 Å². The molecule has 0 aliphatic heterocycles. The van der Waals surface area contributed by atoms with Crippen LogP contribution in [0.15, 0.2) is 0 Å². The summed E-state index contributed by atoms with van der Waals surface area (Å²) in [6.07, 6.45) is 0.781. The number of amides is 1. The van der Waals surface area contributed by atoms with Gasteiger partial charge in [-0.1, -0.05) is 6.92 Å². The highest BCUT2D eigenvalue weighted by Gasteiger charge is 2.15. The summed E-state index contributed by atoms with van der Waals surface area (Å²) in [6, 6.07) is -0.0126. The fraction of sp³-hybridized carbons (Fsp3) is 0.778. The molecule has 76 valence electrons. The maximum atomic E-state index is 11.0. The van der Waals surface area contributed by atoms with Gasteiger partial charge in [-0.25, -0.2) is 0 Å². The quantitative estimate of drug-likeness (QED) is 0.612. The topological polar surface area (TPSA) is 46.6 Å². The van der Waals surface area contributed by atoms with Crippen molar-refractivity contribution in [2.24, 2.45) is 0 Å². The predicted molar refractivity (Wildman–Crippen MR) is 49.2 cm³/mol. The first kappa shape index (κ1) is 11.9. The number of hydrogen-bond acceptors (Lipinski definition) is 3. The molecule has 0 aliphatic carbocycles. The third-order valence-electron chi connectivity index (χ3n) is 1.99. The van der Waals surface area contributed by atoms with Gasteiger partial charge in [0.25, 0.3) is 0 Å². The van der Waals surface area contributed by atoms with E-state index in [1.807, 2.05) is 6.92 Å². The standard InChI is InChI=1S/C9H17NO3/c1-5-9(6-13-8(3)12)10(4)7(2)11/h9H,5-6H2,1-4H3. The lowest BCUT2D eigenvalue weighted by Gasteiger charge is -2.25. The van der Waals surface area contributed by atoms with Crippen LogP contribution in [0.4, 0.5) is 0 Å². The first-order valence-electron chi connectivity index (χ1n) is 4.35. The maximum absolute atomic E-state index is 11.0. The lowest BCUT2D eigenvalue weighted by Crippen LogP contribution is -2.38. The maximum Gasteiger partial charge on any atom is 0.302 e. The SMILES string of the molecule is CCC(COC(C)=O)N(C)C(C)=O. The zero-order valence-electron chi connectivity index (χ0n) is 8.66. The molecular weight excluding hydrogens is 170 g/mol. The summed E-state index contributed by atoms with van der Waals surface area (Å²) >= 11 is 0. The molecule has 0 saturated heterocycles. The van der Waals surface area contributed by atoms with E-state index in [-0.39, 0.29) is 24.5 Å². The number of carbonyl (C=O) groups excluding carboxylic acids is 2. The number of ether oxygens (including phenoxy) is 1. The third-order valence-corrected chi connectivity index (χ3v) is 1.99. The molecule has 4 heteroatoms. The smallest absolute Gasteiger partial charge is 0.302 e. The van der Waals surface area contributed by atoms with E-state index in [1.165, 1.54) is 13.8 Å². The summed E-state index contributed by atoms with van der Waals surface area (Å²) in [5.41, 5.74) is 0.